The number of amides is 1. The molecule has 0 aliphatic carbocycles. The number of aromatic nitrogens is 2. The van der Waals surface area contributed by atoms with Crippen LogP contribution in [-0.4, -0.2) is 26.4 Å². The van der Waals surface area contributed by atoms with E-state index in [0.29, 0.717) is 17.9 Å². The molecule has 2 aromatic heterocycles. The Bertz CT molecular complexity index is 927. The molecule has 0 radical (unpaired) electrons. The molecule has 0 spiro atoms. The van der Waals surface area contributed by atoms with Crippen molar-refractivity contribution < 1.29 is 14.7 Å². The van der Waals surface area contributed by atoms with Crippen LogP contribution in [0.1, 0.15) is 37.7 Å². The fourth-order valence-electron chi connectivity index (χ4n) is 2.62. The van der Waals surface area contributed by atoms with Crippen LogP contribution in [-0.2, 0) is 6.54 Å². The fraction of sp³-hybridized carbons (Fsp3) is 0.167. The van der Waals surface area contributed by atoms with Crippen LogP contribution in [0, 0.1) is 13.8 Å². The minimum absolute atomic E-state index is 0.215. The molecule has 2 heterocycles. The Hall–Kier alpha value is -3.15. The molecular weight excluding hydrogens is 306 g/mol. The van der Waals surface area contributed by atoms with Gasteiger partial charge >= 0.3 is 5.97 Å². The van der Waals surface area contributed by atoms with E-state index in [4.69, 9.17) is 5.11 Å². The van der Waals surface area contributed by atoms with Gasteiger partial charge in [-0.2, -0.15) is 0 Å². The molecule has 3 aromatic rings. The zero-order valence-electron chi connectivity index (χ0n) is 13.4. The number of aromatic carboxylic acids is 1. The molecule has 2 N–H and O–H groups in total. The lowest BCUT2D eigenvalue weighted by atomic mass is 10.1. The molecule has 122 valence electrons. The van der Waals surface area contributed by atoms with Crippen molar-refractivity contribution in [2.45, 2.75) is 20.4 Å². The number of nitrogens with one attached hydrogen (secondary N) is 1. The Balaban J connectivity index is 1.79. The maximum absolute atomic E-state index is 12.5. The summed E-state index contributed by atoms with van der Waals surface area (Å²) in [5, 5.41) is 11.7. The van der Waals surface area contributed by atoms with Gasteiger partial charge in [-0.3, -0.25) is 9.20 Å². The Morgan fingerprint density at radius 1 is 1.17 bits per heavy atom. The minimum atomic E-state index is -0.970. The first-order valence-corrected chi connectivity index (χ1v) is 7.52. The predicted molar refractivity (Wildman–Crippen MR) is 89.2 cm³/mol. The maximum Gasteiger partial charge on any atom is 0.335 e. The van der Waals surface area contributed by atoms with Gasteiger partial charge in [-0.1, -0.05) is 18.2 Å². The van der Waals surface area contributed by atoms with Crippen LogP contribution in [0.25, 0.3) is 5.65 Å². The molecule has 0 unspecified atom stereocenters. The van der Waals surface area contributed by atoms with Crippen LogP contribution in [0.2, 0.25) is 0 Å². The van der Waals surface area contributed by atoms with E-state index in [0.717, 1.165) is 16.8 Å². The summed E-state index contributed by atoms with van der Waals surface area (Å²) >= 11 is 0. The number of fused-ring (bicyclic) bond motifs is 1. The van der Waals surface area contributed by atoms with Crippen molar-refractivity contribution in [3.05, 3.63) is 70.7 Å². The first kappa shape index (κ1) is 15.7. The topological polar surface area (TPSA) is 83.7 Å². The van der Waals surface area contributed by atoms with Crippen LogP contribution >= 0.6 is 0 Å². The molecule has 0 aliphatic heterocycles. The smallest absolute Gasteiger partial charge is 0.335 e. The number of carboxylic acids is 1. The van der Waals surface area contributed by atoms with Crippen LogP contribution in [0.4, 0.5) is 0 Å². The molecule has 0 atom stereocenters. The molecule has 0 aliphatic rings. The van der Waals surface area contributed by atoms with E-state index < -0.39 is 5.97 Å². The van der Waals surface area contributed by atoms with Gasteiger partial charge in [0.1, 0.15) is 11.3 Å². The van der Waals surface area contributed by atoms with E-state index in [1.54, 1.807) is 16.5 Å². The van der Waals surface area contributed by atoms with Crippen LogP contribution < -0.4 is 5.32 Å². The fourth-order valence-corrected chi connectivity index (χ4v) is 2.62. The van der Waals surface area contributed by atoms with Crippen molar-refractivity contribution in [2.24, 2.45) is 0 Å². The Morgan fingerprint density at radius 3 is 2.54 bits per heavy atom. The number of hydrogen-bond acceptors (Lipinski definition) is 3. The lowest BCUT2D eigenvalue weighted by Gasteiger charge is -2.07. The highest BCUT2D eigenvalue weighted by molar-refractivity contribution is 5.94. The third-order valence-corrected chi connectivity index (χ3v) is 3.89. The van der Waals surface area contributed by atoms with E-state index in [2.05, 4.69) is 10.3 Å². The van der Waals surface area contributed by atoms with Gasteiger partial charge in [0.25, 0.3) is 5.91 Å². The zero-order valence-corrected chi connectivity index (χ0v) is 13.4. The average Bonchev–Trinajstić information content (AvgIpc) is 2.90. The summed E-state index contributed by atoms with van der Waals surface area (Å²) in [6.45, 7) is 4.08. The van der Waals surface area contributed by atoms with Gasteiger partial charge < -0.3 is 10.4 Å². The van der Waals surface area contributed by atoms with Crippen molar-refractivity contribution in [1.29, 1.82) is 0 Å². The van der Waals surface area contributed by atoms with Gasteiger partial charge in [-0.15, -0.1) is 0 Å². The molecule has 0 fully saturated rings. The van der Waals surface area contributed by atoms with Crippen molar-refractivity contribution >= 4 is 17.5 Å². The molecule has 24 heavy (non-hydrogen) atoms. The number of nitrogens with zero attached hydrogens (tertiary/aromatic N) is 2. The predicted octanol–water partition coefficient (Wildman–Crippen LogP) is 2.58. The Morgan fingerprint density at radius 2 is 1.88 bits per heavy atom. The molecule has 1 amide bonds. The van der Waals surface area contributed by atoms with E-state index in [1.165, 1.54) is 12.1 Å². The summed E-state index contributed by atoms with van der Waals surface area (Å²) in [7, 11) is 0. The summed E-state index contributed by atoms with van der Waals surface area (Å²) in [6.07, 6.45) is 1.82. The minimum Gasteiger partial charge on any atom is -0.478 e. The van der Waals surface area contributed by atoms with Crippen LogP contribution in [0.3, 0.4) is 0 Å². The van der Waals surface area contributed by atoms with Crippen molar-refractivity contribution in [2.75, 3.05) is 0 Å². The monoisotopic (exact) mass is 323 g/mol. The number of rotatable bonds is 4. The molecule has 0 saturated carbocycles. The second kappa shape index (κ2) is 6.16. The van der Waals surface area contributed by atoms with E-state index in [9.17, 15) is 9.59 Å². The second-order valence-corrected chi connectivity index (χ2v) is 5.62. The molecule has 0 saturated heterocycles. The van der Waals surface area contributed by atoms with E-state index in [1.807, 2.05) is 32.2 Å². The van der Waals surface area contributed by atoms with Gasteiger partial charge in [0.05, 0.1) is 11.3 Å². The standard InChI is InChI=1S/C18H17N3O3/c1-11-4-3-9-21-15(12(2)20-16(11)21)17(22)19-10-13-5-7-14(8-6-13)18(23)24/h3-9H,10H2,1-2H3,(H,19,22)(H,23,24). The quantitative estimate of drug-likeness (QED) is 0.773. The van der Waals surface area contributed by atoms with Gasteiger partial charge in [-0.05, 0) is 43.2 Å². The second-order valence-electron chi connectivity index (χ2n) is 5.62. The third-order valence-electron chi connectivity index (χ3n) is 3.89. The summed E-state index contributed by atoms with van der Waals surface area (Å²) in [6, 6.07) is 10.3. The van der Waals surface area contributed by atoms with Gasteiger partial charge in [0.15, 0.2) is 0 Å². The lowest BCUT2D eigenvalue weighted by Crippen LogP contribution is -2.25. The number of hydrogen-bond donors (Lipinski definition) is 2. The highest BCUT2D eigenvalue weighted by Gasteiger charge is 2.17. The number of aryl methyl sites for hydroxylation is 2. The van der Waals surface area contributed by atoms with Gasteiger partial charge in [0, 0.05) is 12.7 Å². The maximum atomic E-state index is 12.5. The highest BCUT2D eigenvalue weighted by atomic mass is 16.4. The van der Waals surface area contributed by atoms with E-state index >= 15 is 0 Å². The van der Waals surface area contributed by atoms with Crippen LogP contribution in [0.5, 0.6) is 0 Å². The first-order valence-electron chi connectivity index (χ1n) is 7.52. The Kier molecular flexibility index (Phi) is 4.04. The molecule has 1 aromatic carbocycles. The number of carbonyl (C=O) groups excluding carboxylic acids is 1. The van der Waals surface area contributed by atoms with Crippen molar-refractivity contribution in [1.82, 2.24) is 14.7 Å². The number of benzene rings is 1. The Labute approximate surface area is 138 Å². The van der Waals surface area contributed by atoms with Crippen molar-refractivity contribution in [3.8, 4) is 0 Å². The SMILES string of the molecule is Cc1nc2c(C)cccn2c1C(=O)NCc1ccc(C(=O)O)cc1. The molecule has 3 rings (SSSR count). The number of carbonyl (C=O) groups is 2. The zero-order chi connectivity index (χ0) is 17.3. The third kappa shape index (κ3) is 2.86. The largest absolute Gasteiger partial charge is 0.478 e. The normalized spacial score (nSPS) is 10.8. The molecule has 0 bridgehead atoms. The number of carboxylic acid groups (broad SMARTS) is 1. The van der Waals surface area contributed by atoms with E-state index in [-0.39, 0.29) is 11.5 Å². The lowest BCUT2D eigenvalue weighted by molar-refractivity contribution is 0.0696. The van der Waals surface area contributed by atoms with Crippen LogP contribution in [0.15, 0.2) is 42.6 Å². The molecular formula is C18H17N3O3. The van der Waals surface area contributed by atoms with Gasteiger partial charge in [-0.25, -0.2) is 9.78 Å². The number of pyridine rings is 1. The first-order chi connectivity index (χ1) is 11.5. The van der Waals surface area contributed by atoms with Crippen molar-refractivity contribution in [3.63, 3.8) is 0 Å². The highest BCUT2D eigenvalue weighted by Crippen LogP contribution is 2.15. The summed E-state index contributed by atoms with van der Waals surface area (Å²) in [5.74, 6) is -1.18. The summed E-state index contributed by atoms with van der Waals surface area (Å²) < 4.78 is 1.79. The average molecular weight is 323 g/mol. The van der Waals surface area contributed by atoms with Gasteiger partial charge in [0.2, 0.25) is 0 Å². The summed E-state index contributed by atoms with van der Waals surface area (Å²) in [4.78, 5) is 27.8. The molecule has 6 nitrogen and oxygen atoms in total. The summed E-state index contributed by atoms with van der Waals surface area (Å²) in [5.41, 5.74) is 4.00. The molecule has 6 heteroatoms. The number of imidazole rings is 1.